The maximum Gasteiger partial charge on any atom is 0.171 e. The minimum Gasteiger partial charge on any atom is -0.294 e. The molecule has 2 heterocycles. The summed E-state index contributed by atoms with van der Waals surface area (Å²) in [6.07, 6.45) is 5.89. The summed E-state index contributed by atoms with van der Waals surface area (Å²) in [5.41, 5.74) is 1.26. The molecule has 1 atom stereocenters. The van der Waals surface area contributed by atoms with E-state index in [0.29, 0.717) is 11.2 Å². The lowest BCUT2D eigenvalue weighted by atomic mass is 9.99. The fraction of sp³-hybridized carbons (Fsp3) is 0.364. The van der Waals surface area contributed by atoms with Crippen LogP contribution in [-0.2, 0) is 0 Å². The molecule has 1 unspecified atom stereocenters. The number of hydrogen-bond acceptors (Lipinski definition) is 3. The van der Waals surface area contributed by atoms with Gasteiger partial charge in [0.2, 0.25) is 0 Å². The molecule has 4 heteroatoms. The van der Waals surface area contributed by atoms with Crippen LogP contribution >= 0.6 is 0 Å². The molecule has 0 aromatic carbocycles. The zero-order chi connectivity index (χ0) is 10.8. The van der Waals surface area contributed by atoms with Gasteiger partial charge in [-0.25, -0.2) is 9.50 Å². The highest BCUT2D eigenvalue weighted by molar-refractivity contribution is 6.02. The fourth-order valence-electron chi connectivity index (χ4n) is 1.45. The second-order valence-corrected chi connectivity index (χ2v) is 3.62. The van der Waals surface area contributed by atoms with Crippen molar-refractivity contribution in [3.8, 4) is 0 Å². The standard InChI is InChI=1S/C11H13N3O/c1-3-8(2)10(15)9-7-13-14-6-4-5-12-11(9)14/h4-8H,3H2,1-2H3. The number of aromatic nitrogens is 3. The number of rotatable bonds is 3. The Balaban J connectivity index is 2.48. The SMILES string of the molecule is CCC(C)C(=O)c1cnn2cccnc12. The van der Waals surface area contributed by atoms with Crippen molar-refractivity contribution >= 4 is 11.4 Å². The first-order chi connectivity index (χ1) is 7.24. The maximum absolute atomic E-state index is 12.0. The summed E-state index contributed by atoms with van der Waals surface area (Å²) in [4.78, 5) is 16.1. The van der Waals surface area contributed by atoms with Crippen LogP contribution in [0.3, 0.4) is 0 Å². The molecule has 0 N–H and O–H groups in total. The van der Waals surface area contributed by atoms with Gasteiger partial charge in [0.1, 0.15) is 0 Å². The van der Waals surface area contributed by atoms with Crippen LogP contribution in [-0.4, -0.2) is 20.4 Å². The Morgan fingerprint density at radius 1 is 1.60 bits per heavy atom. The van der Waals surface area contributed by atoms with E-state index in [9.17, 15) is 4.79 Å². The third kappa shape index (κ3) is 1.63. The molecule has 2 rings (SSSR count). The van der Waals surface area contributed by atoms with Gasteiger partial charge in [0.05, 0.1) is 11.8 Å². The second kappa shape index (κ2) is 3.81. The topological polar surface area (TPSA) is 47.3 Å². The van der Waals surface area contributed by atoms with Crippen molar-refractivity contribution in [2.24, 2.45) is 5.92 Å². The van der Waals surface area contributed by atoms with Gasteiger partial charge in [-0.2, -0.15) is 5.10 Å². The minimum atomic E-state index is 0.0278. The van der Waals surface area contributed by atoms with Crippen molar-refractivity contribution in [3.63, 3.8) is 0 Å². The molecule has 78 valence electrons. The number of carbonyl (C=O) groups is 1. The number of hydrogen-bond donors (Lipinski definition) is 0. The van der Waals surface area contributed by atoms with Crippen LogP contribution in [0.15, 0.2) is 24.7 Å². The number of fused-ring (bicyclic) bond motifs is 1. The van der Waals surface area contributed by atoms with E-state index in [0.717, 1.165) is 6.42 Å². The van der Waals surface area contributed by atoms with E-state index in [2.05, 4.69) is 10.1 Å². The van der Waals surface area contributed by atoms with Crippen LogP contribution in [0, 0.1) is 5.92 Å². The molecular weight excluding hydrogens is 190 g/mol. The largest absolute Gasteiger partial charge is 0.294 e. The highest BCUT2D eigenvalue weighted by Gasteiger charge is 2.18. The van der Waals surface area contributed by atoms with Crippen molar-refractivity contribution in [2.45, 2.75) is 20.3 Å². The highest BCUT2D eigenvalue weighted by atomic mass is 16.1. The van der Waals surface area contributed by atoms with Crippen molar-refractivity contribution in [1.29, 1.82) is 0 Å². The van der Waals surface area contributed by atoms with Gasteiger partial charge in [-0.1, -0.05) is 13.8 Å². The Hall–Kier alpha value is -1.71. The average molecular weight is 203 g/mol. The summed E-state index contributed by atoms with van der Waals surface area (Å²) in [6.45, 7) is 3.93. The van der Waals surface area contributed by atoms with Gasteiger partial charge in [-0.3, -0.25) is 4.79 Å². The third-order valence-corrected chi connectivity index (χ3v) is 2.60. The van der Waals surface area contributed by atoms with Crippen molar-refractivity contribution < 1.29 is 4.79 Å². The Morgan fingerprint density at radius 3 is 3.13 bits per heavy atom. The van der Waals surface area contributed by atoms with Crippen LogP contribution < -0.4 is 0 Å². The van der Waals surface area contributed by atoms with Crippen LogP contribution in [0.5, 0.6) is 0 Å². The van der Waals surface area contributed by atoms with Gasteiger partial charge >= 0.3 is 0 Å². The molecule has 0 aliphatic heterocycles. The molecule has 4 nitrogen and oxygen atoms in total. The molecule has 2 aromatic rings. The van der Waals surface area contributed by atoms with Gasteiger partial charge < -0.3 is 0 Å². The van der Waals surface area contributed by atoms with Crippen LogP contribution in [0.2, 0.25) is 0 Å². The van der Waals surface area contributed by atoms with Crippen LogP contribution in [0.4, 0.5) is 0 Å². The molecule has 15 heavy (non-hydrogen) atoms. The number of nitrogens with zero attached hydrogens (tertiary/aromatic N) is 3. The molecular formula is C11H13N3O. The van der Waals surface area contributed by atoms with Crippen molar-refractivity contribution in [2.75, 3.05) is 0 Å². The molecule has 0 radical (unpaired) electrons. The average Bonchev–Trinajstić information content (AvgIpc) is 2.70. The summed E-state index contributed by atoms with van der Waals surface area (Å²) < 4.78 is 1.62. The van der Waals surface area contributed by atoms with E-state index in [1.54, 1.807) is 29.2 Å². The summed E-state index contributed by atoms with van der Waals surface area (Å²) in [5.74, 6) is 0.145. The molecule has 0 bridgehead atoms. The predicted molar refractivity (Wildman–Crippen MR) is 56.8 cm³/mol. The quantitative estimate of drug-likeness (QED) is 0.716. The summed E-state index contributed by atoms with van der Waals surface area (Å²) >= 11 is 0. The van der Waals surface area contributed by atoms with E-state index in [-0.39, 0.29) is 11.7 Å². The lowest BCUT2D eigenvalue weighted by molar-refractivity contribution is 0.0928. The van der Waals surface area contributed by atoms with Gasteiger partial charge in [-0.15, -0.1) is 0 Å². The third-order valence-electron chi connectivity index (χ3n) is 2.60. The minimum absolute atomic E-state index is 0.0278. The molecule has 0 saturated carbocycles. The smallest absolute Gasteiger partial charge is 0.171 e. The number of ketones is 1. The molecule has 0 aliphatic carbocycles. The second-order valence-electron chi connectivity index (χ2n) is 3.62. The van der Waals surface area contributed by atoms with E-state index >= 15 is 0 Å². The predicted octanol–water partition coefficient (Wildman–Crippen LogP) is 1.96. The highest BCUT2D eigenvalue weighted by Crippen LogP contribution is 2.14. The summed E-state index contributed by atoms with van der Waals surface area (Å²) in [5, 5.41) is 4.09. The van der Waals surface area contributed by atoms with E-state index < -0.39 is 0 Å². The zero-order valence-corrected chi connectivity index (χ0v) is 8.84. The first kappa shape index (κ1) is 9.83. The zero-order valence-electron chi connectivity index (χ0n) is 8.84. The van der Waals surface area contributed by atoms with Crippen molar-refractivity contribution in [3.05, 3.63) is 30.2 Å². The van der Waals surface area contributed by atoms with E-state index in [1.807, 2.05) is 13.8 Å². The maximum atomic E-state index is 12.0. The van der Waals surface area contributed by atoms with Gasteiger partial charge in [0, 0.05) is 18.3 Å². The van der Waals surface area contributed by atoms with Gasteiger partial charge in [-0.05, 0) is 12.5 Å². The molecule has 0 fully saturated rings. The Morgan fingerprint density at radius 2 is 2.40 bits per heavy atom. The van der Waals surface area contributed by atoms with Crippen molar-refractivity contribution in [1.82, 2.24) is 14.6 Å². The first-order valence-electron chi connectivity index (χ1n) is 5.06. The molecule has 0 aliphatic rings. The Bertz CT molecular complexity index is 489. The number of carbonyl (C=O) groups excluding carboxylic acids is 1. The van der Waals surface area contributed by atoms with Gasteiger partial charge in [0.25, 0.3) is 0 Å². The molecule has 2 aromatic heterocycles. The Labute approximate surface area is 87.9 Å². The number of Topliss-reactive ketones (excluding diaryl/α,β-unsaturated/α-hetero) is 1. The summed E-state index contributed by atoms with van der Waals surface area (Å²) in [7, 11) is 0. The normalized spacial score (nSPS) is 12.9. The lowest BCUT2D eigenvalue weighted by Gasteiger charge is -2.04. The first-order valence-corrected chi connectivity index (χ1v) is 5.06. The molecule has 0 spiro atoms. The van der Waals surface area contributed by atoms with E-state index in [1.165, 1.54) is 0 Å². The fourth-order valence-corrected chi connectivity index (χ4v) is 1.45. The van der Waals surface area contributed by atoms with Gasteiger partial charge in [0.15, 0.2) is 11.4 Å². The summed E-state index contributed by atoms with van der Waals surface area (Å²) in [6, 6.07) is 1.79. The van der Waals surface area contributed by atoms with Crippen LogP contribution in [0.25, 0.3) is 5.65 Å². The monoisotopic (exact) mass is 203 g/mol. The molecule has 0 amide bonds. The van der Waals surface area contributed by atoms with Crippen LogP contribution in [0.1, 0.15) is 30.6 Å². The Kier molecular flexibility index (Phi) is 2.49. The van der Waals surface area contributed by atoms with E-state index in [4.69, 9.17) is 0 Å². The lowest BCUT2D eigenvalue weighted by Crippen LogP contribution is -2.10. The molecule has 0 saturated heterocycles.